The van der Waals surface area contributed by atoms with E-state index in [0.717, 1.165) is 23.8 Å². The lowest BCUT2D eigenvalue weighted by atomic mass is 10.1. The third-order valence-corrected chi connectivity index (χ3v) is 4.80. The van der Waals surface area contributed by atoms with E-state index in [-0.39, 0.29) is 17.5 Å². The van der Waals surface area contributed by atoms with Gasteiger partial charge in [-0.2, -0.15) is 13.2 Å². The highest BCUT2D eigenvalue weighted by Crippen LogP contribution is 2.31. The minimum Gasteiger partial charge on any atom is -0.405 e. The lowest BCUT2D eigenvalue weighted by Gasteiger charge is -2.13. The van der Waals surface area contributed by atoms with Gasteiger partial charge in [0.1, 0.15) is 11.6 Å². The molecule has 0 bridgehead atoms. The van der Waals surface area contributed by atoms with Crippen LogP contribution in [0.3, 0.4) is 0 Å². The van der Waals surface area contributed by atoms with Crippen molar-refractivity contribution in [1.82, 2.24) is 9.97 Å². The monoisotopic (exact) mass is 479 g/mol. The second-order valence-corrected chi connectivity index (χ2v) is 7.28. The average Bonchev–Trinajstić information content (AvgIpc) is 3.15. The second kappa shape index (κ2) is 8.73. The van der Waals surface area contributed by atoms with E-state index in [4.69, 9.17) is 0 Å². The summed E-state index contributed by atoms with van der Waals surface area (Å²) in [5, 5.41) is 2.50. The van der Waals surface area contributed by atoms with Crippen molar-refractivity contribution in [3.05, 3.63) is 89.2 Å². The third-order valence-electron chi connectivity index (χ3n) is 4.80. The number of halogens is 6. The average molecular weight is 479 g/mol. The summed E-state index contributed by atoms with van der Waals surface area (Å²) < 4.78 is 80.2. The van der Waals surface area contributed by atoms with Gasteiger partial charge in [-0.3, -0.25) is 4.79 Å². The number of carbonyl (C=O) groups is 1. The Morgan fingerprint density at radius 1 is 0.941 bits per heavy atom. The van der Waals surface area contributed by atoms with Gasteiger partial charge in [0.05, 0.1) is 22.2 Å². The molecule has 0 fully saturated rings. The summed E-state index contributed by atoms with van der Waals surface area (Å²) in [6.45, 7) is 0. The summed E-state index contributed by atoms with van der Waals surface area (Å²) in [6, 6.07) is 14.6. The number of H-pyrrole nitrogens is 1. The Labute approximate surface area is 188 Å². The summed E-state index contributed by atoms with van der Waals surface area (Å²) in [4.78, 5) is 19.6. The first kappa shape index (κ1) is 23.1. The number of fused-ring (bicyclic) bond motifs is 1. The zero-order chi connectivity index (χ0) is 24.5. The number of hydrogen-bond acceptors (Lipinski definition) is 3. The highest BCUT2D eigenvalue weighted by Gasteiger charge is 2.33. The van der Waals surface area contributed by atoms with E-state index >= 15 is 0 Å². The van der Waals surface area contributed by atoms with Crippen LogP contribution >= 0.6 is 0 Å². The molecule has 3 aromatic carbocycles. The van der Waals surface area contributed by atoms with Crippen molar-refractivity contribution in [3.63, 3.8) is 0 Å². The summed E-state index contributed by atoms with van der Waals surface area (Å²) in [7, 11) is 0. The summed E-state index contributed by atoms with van der Waals surface area (Å²) >= 11 is 0. The molecular weight excluding hydrogens is 464 g/mol. The molecule has 2 N–H and O–H groups in total. The number of para-hydroxylation sites is 1. The number of nitrogens with zero attached hydrogens (tertiary/aromatic N) is 1. The Morgan fingerprint density at radius 2 is 1.65 bits per heavy atom. The first-order valence-electron chi connectivity index (χ1n) is 9.79. The SMILES string of the molecule is O=C(Nc1ccc(Cc2nc3ccc(C(F)(F)F)cc3[nH]2)cc1)c1ccccc1OC(F)(F)F. The number of hydrogen-bond donors (Lipinski definition) is 2. The normalized spacial score (nSPS) is 12.1. The van der Waals surface area contributed by atoms with Gasteiger partial charge < -0.3 is 15.0 Å². The molecule has 4 rings (SSSR count). The Balaban J connectivity index is 1.45. The summed E-state index contributed by atoms with van der Waals surface area (Å²) in [5.74, 6) is -0.961. The lowest BCUT2D eigenvalue weighted by molar-refractivity contribution is -0.274. The van der Waals surface area contributed by atoms with Gasteiger partial charge in [0.15, 0.2) is 0 Å². The van der Waals surface area contributed by atoms with Crippen LogP contribution in [0.2, 0.25) is 0 Å². The number of rotatable bonds is 5. The van der Waals surface area contributed by atoms with E-state index in [0.29, 0.717) is 17.0 Å². The zero-order valence-corrected chi connectivity index (χ0v) is 17.1. The van der Waals surface area contributed by atoms with E-state index < -0.39 is 29.8 Å². The first-order chi connectivity index (χ1) is 16.0. The summed E-state index contributed by atoms with van der Waals surface area (Å²) in [5.41, 5.74) is 0.658. The molecule has 0 unspecified atom stereocenters. The fourth-order valence-corrected chi connectivity index (χ4v) is 3.29. The second-order valence-electron chi connectivity index (χ2n) is 7.28. The van der Waals surface area contributed by atoms with Gasteiger partial charge in [-0.05, 0) is 48.0 Å². The Bertz CT molecular complexity index is 1330. The smallest absolute Gasteiger partial charge is 0.405 e. The molecule has 176 valence electrons. The third kappa shape index (κ3) is 5.48. The van der Waals surface area contributed by atoms with Crippen LogP contribution in [0, 0.1) is 0 Å². The van der Waals surface area contributed by atoms with Gasteiger partial charge in [0.25, 0.3) is 5.91 Å². The highest BCUT2D eigenvalue weighted by molar-refractivity contribution is 6.06. The lowest BCUT2D eigenvalue weighted by Crippen LogP contribution is -2.20. The quantitative estimate of drug-likeness (QED) is 0.329. The fourth-order valence-electron chi connectivity index (χ4n) is 3.29. The number of carbonyl (C=O) groups excluding carboxylic acids is 1. The maximum Gasteiger partial charge on any atom is 0.573 e. The van der Waals surface area contributed by atoms with Crippen LogP contribution in [0.15, 0.2) is 66.7 Å². The Kier molecular flexibility index (Phi) is 5.94. The van der Waals surface area contributed by atoms with Crippen LogP contribution in [0.25, 0.3) is 11.0 Å². The Morgan fingerprint density at radius 3 is 2.32 bits per heavy atom. The van der Waals surface area contributed by atoms with E-state index in [1.807, 2.05) is 0 Å². The number of aromatic amines is 1. The molecule has 1 heterocycles. The van der Waals surface area contributed by atoms with Crippen molar-refractivity contribution in [2.45, 2.75) is 19.0 Å². The van der Waals surface area contributed by atoms with Gasteiger partial charge in [-0.25, -0.2) is 4.98 Å². The molecule has 0 saturated carbocycles. The maximum atomic E-state index is 12.9. The van der Waals surface area contributed by atoms with E-state index in [2.05, 4.69) is 20.0 Å². The van der Waals surface area contributed by atoms with E-state index in [9.17, 15) is 31.1 Å². The van der Waals surface area contributed by atoms with Crippen LogP contribution < -0.4 is 10.1 Å². The van der Waals surface area contributed by atoms with E-state index in [1.54, 1.807) is 24.3 Å². The standard InChI is InChI=1S/C23H15F6N3O2/c24-22(25,26)14-7-10-17-18(12-14)32-20(31-17)11-13-5-8-15(9-6-13)30-21(33)16-3-1-2-4-19(16)34-23(27,28)29/h1-10,12H,11H2,(H,30,33)(H,31,32). The van der Waals surface area contributed by atoms with Crippen molar-refractivity contribution in [3.8, 4) is 5.75 Å². The molecule has 5 nitrogen and oxygen atoms in total. The molecule has 11 heteroatoms. The van der Waals surface area contributed by atoms with Gasteiger partial charge in [-0.1, -0.05) is 24.3 Å². The number of nitrogens with one attached hydrogen (secondary N) is 2. The maximum absolute atomic E-state index is 12.9. The number of aromatic nitrogens is 2. The van der Waals surface area contributed by atoms with Gasteiger partial charge >= 0.3 is 12.5 Å². The van der Waals surface area contributed by atoms with Crippen molar-refractivity contribution >= 4 is 22.6 Å². The van der Waals surface area contributed by atoms with Crippen molar-refractivity contribution in [1.29, 1.82) is 0 Å². The number of amides is 1. The van der Waals surface area contributed by atoms with Crippen LogP contribution in [0.1, 0.15) is 27.3 Å². The fraction of sp³-hybridized carbons (Fsp3) is 0.130. The molecule has 34 heavy (non-hydrogen) atoms. The van der Waals surface area contributed by atoms with Crippen LogP contribution in [-0.2, 0) is 12.6 Å². The number of ether oxygens (including phenoxy) is 1. The highest BCUT2D eigenvalue weighted by atomic mass is 19.4. The Hall–Kier alpha value is -4.02. The number of benzene rings is 3. The molecule has 0 spiro atoms. The molecular formula is C23H15F6N3O2. The molecule has 4 aromatic rings. The molecule has 0 aliphatic heterocycles. The largest absolute Gasteiger partial charge is 0.573 e. The molecule has 0 aliphatic rings. The minimum atomic E-state index is -4.94. The van der Waals surface area contributed by atoms with Crippen LogP contribution in [0.4, 0.5) is 32.0 Å². The predicted molar refractivity (Wildman–Crippen MR) is 111 cm³/mol. The number of imidazole rings is 1. The van der Waals surface area contributed by atoms with Gasteiger partial charge in [-0.15, -0.1) is 13.2 Å². The number of anilines is 1. The van der Waals surface area contributed by atoms with E-state index in [1.165, 1.54) is 24.3 Å². The minimum absolute atomic E-state index is 0.258. The molecule has 1 aromatic heterocycles. The number of alkyl halides is 6. The zero-order valence-electron chi connectivity index (χ0n) is 17.1. The molecule has 0 saturated heterocycles. The summed E-state index contributed by atoms with van der Waals surface area (Å²) in [6.07, 6.45) is -9.12. The van der Waals surface area contributed by atoms with Crippen molar-refractivity contribution in [2.24, 2.45) is 0 Å². The molecule has 1 amide bonds. The van der Waals surface area contributed by atoms with Crippen LogP contribution in [-0.4, -0.2) is 22.2 Å². The topological polar surface area (TPSA) is 67.0 Å². The van der Waals surface area contributed by atoms with Gasteiger partial charge in [0.2, 0.25) is 0 Å². The first-order valence-corrected chi connectivity index (χ1v) is 9.79. The molecule has 0 atom stereocenters. The molecule has 0 radical (unpaired) electrons. The van der Waals surface area contributed by atoms with Crippen molar-refractivity contribution in [2.75, 3.05) is 5.32 Å². The van der Waals surface area contributed by atoms with Crippen LogP contribution in [0.5, 0.6) is 5.75 Å². The predicted octanol–water partition coefficient (Wildman–Crippen LogP) is 6.32. The van der Waals surface area contributed by atoms with Crippen molar-refractivity contribution < 1.29 is 35.9 Å². The van der Waals surface area contributed by atoms with Gasteiger partial charge in [0, 0.05) is 12.1 Å². The molecule has 0 aliphatic carbocycles.